The van der Waals surface area contributed by atoms with Crippen molar-refractivity contribution in [3.8, 4) is 11.5 Å². The van der Waals surface area contributed by atoms with Gasteiger partial charge in [0.2, 0.25) is 0 Å². The summed E-state index contributed by atoms with van der Waals surface area (Å²) in [4.78, 5) is 12.4. The van der Waals surface area contributed by atoms with Gasteiger partial charge in [-0.15, -0.1) is 0 Å². The van der Waals surface area contributed by atoms with E-state index in [0.717, 1.165) is 22.2 Å². The Balaban J connectivity index is 2.05. The van der Waals surface area contributed by atoms with Crippen molar-refractivity contribution in [3.63, 3.8) is 0 Å². The van der Waals surface area contributed by atoms with Crippen LogP contribution in [0, 0.1) is 0 Å². The summed E-state index contributed by atoms with van der Waals surface area (Å²) in [5.41, 5.74) is 1.53. The van der Waals surface area contributed by atoms with Crippen molar-refractivity contribution >= 4 is 21.8 Å². The molecule has 1 amide bonds. The molecule has 0 aromatic heterocycles. The van der Waals surface area contributed by atoms with Crippen LogP contribution in [-0.4, -0.2) is 19.6 Å². The van der Waals surface area contributed by atoms with Crippen LogP contribution < -0.4 is 14.8 Å². The van der Waals surface area contributed by atoms with E-state index in [-0.39, 0.29) is 5.91 Å². The molecule has 5 heteroatoms. The Morgan fingerprint density at radius 3 is 2.57 bits per heavy atom. The van der Waals surface area contributed by atoms with Crippen LogP contribution in [0.2, 0.25) is 0 Å². The first-order valence-electron chi connectivity index (χ1n) is 7.47. The summed E-state index contributed by atoms with van der Waals surface area (Å²) in [5, 5.41) is 2.92. The molecule has 0 fully saturated rings. The van der Waals surface area contributed by atoms with E-state index in [2.05, 4.69) is 21.2 Å². The normalized spacial score (nSPS) is 10.2. The minimum Gasteiger partial charge on any atom is -0.497 e. The lowest BCUT2D eigenvalue weighted by Gasteiger charge is -2.12. The van der Waals surface area contributed by atoms with Crippen LogP contribution in [0.4, 0.5) is 0 Å². The number of nitrogens with one attached hydrogen (secondary N) is 1. The molecule has 23 heavy (non-hydrogen) atoms. The lowest BCUT2D eigenvalue weighted by atomic mass is 10.1. The summed E-state index contributed by atoms with van der Waals surface area (Å²) in [5.74, 6) is 1.23. The number of hydrogen-bond donors (Lipinski definition) is 1. The zero-order chi connectivity index (χ0) is 16.7. The minimum atomic E-state index is -0.159. The lowest BCUT2D eigenvalue weighted by molar-refractivity contribution is 0.0946. The van der Waals surface area contributed by atoms with Crippen LogP contribution >= 0.6 is 15.9 Å². The molecular weight excluding hydrogens is 358 g/mol. The number of carbonyl (C=O) groups excluding carboxylic acids is 1. The molecule has 0 atom stereocenters. The van der Waals surface area contributed by atoms with Crippen LogP contribution in [-0.2, 0) is 6.54 Å². The third-order valence-electron chi connectivity index (χ3n) is 3.26. The second-order valence-electron chi connectivity index (χ2n) is 5.02. The fourth-order valence-corrected chi connectivity index (χ4v) is 2.40. The van der Waals surface area contributed by atoms with Gasteiger partial charge in [0.05, 0.1) is 19.3 Å². The van der Waals surface area contributed by atoms with Gasteiger partial charge in [0.25, 0.3) is 5.91 Å². The van der Waals surface area contributed by atoms with Crippen molar-refractivity contribution in [1.82, 2.24) is 5.32 Å². The fourth-order valence-electron chi connectivity index (χ4n) is 2.04. The first-order chi connectivity index (χ1) is 11.1. The molecule has 0 spiro atoms. The summed E-state index contributed by atoms with van der Waals surface area (Å²) >= 11 is 3.40. The SMILES string of the molecule is CCCOc1ccc(Br)cc1C(=O)NCc1ccc(OC)cc1. The number of amides is 1. The van der Waals surface area contributed by atoms with E-state index < -0.39 is 0 Å². The van der Waals surface area contributed by atoms with Crippen LogP contribution in [0.3, 0.4) is 0 Å². The Morgan fingerprint density at radius 1 is 1.17 bits per heavy atom. The van der Waals surface area contributed by atoms with Crippen molar-refractivity contribution in [3.05, 3.63) is 58.1 Å². The highest BCUT2D eigenvalue weighted by molar-refractivity contribution is 9.10. The Morgan fingerprint density at radius 2 is 1.91 bits per heavy atom. The van der Waals surface area contributed by atoms with Crippen molar-refractivity contribution in [1.29, 1.82) is 0 Å². The second kappa shape index (κ2) is 8.58. The van der Waals surface area contributed by atoms with E-state index >= 15 is 0 Å². The number of rotatable bonds is 7. The molecule has 0 unspecified atom stereocenters. The third-order valence-corrected chi connectivity index (χ3v) is 3.75. The van der Waals surface area contributed by atoms with E-state index in [0.29, 0.717) is 24.5 Å². The molecule has 0 saturated carbocycles. The molecule has 0 aliphatic carbocycles. The largest absolute Gasteiger partial charge is 0.497 e. The third kappa shape index (κ3) is 4.99. The van der Waals surface area contributed by atoms with Gasteiger partial charge in [0, 0.05) is 11.0 Å². The Labute approximate surface area is 144 Å². The molecule has 0 aliphatic rings. The van der Waals surface area contributed by atoms with E-state index in [1.807, 2.05) is 43.3 Å². The highest BCUT2D eigenvalue weighted by atomic mass is 79.9. The molecule has 2 aromatic rings. The summed E-state index contributed by atoms with van der Waals surface area (Å²) < 4.78 is 11.6. The molecule has 122 valence electrons. The molecule has 4 nitrogen and oxygen atoms in total. The molecule has 2 rings (SSSR count). The molecule has 0 saturated heterocycles. The van der Waals surface area contributed by atoms with Crippen LogP contribution in [0.25, 0.3) is 0 Å². The maximum atomic E-state index is 12.4. The molecule has 0 bridgehead atoms. The van der Waals surface area contributed by atoms with Gasteiger partial charge in [-0.25, -0.2) is 0 Å². The first-order valence-corrected chi connectivity index (χ1v) is 8.26. The highest BCUT2D eigenvalue weighted by Gasteiger charge is 2.13. The summed E-state index contributed by atoms with van der Waals surface area (Å²) in [7, 11) is 1.63. The summed E-state index contributed by atoms with van der Waals surface area (Å²) in [6.45, 7) is 3.06. The number of ether oxygens (including phenoxy) is 2. The summed E-state index contributed by atoms with van der Waals surface area (Å²) in [6, 6.07) is 13.0. The van der Waals surface area contributed by atoms with E-state index in [1.54, 1.807) is 13.2 Å². The maximum Gasteiger partial charge on any atom is 0.255 e. The Hall–Kier alpha value is -2.01. The minimum absolute atomic E-state index is 0.159. The standard InChI is InChI=1S/C18H20BrNO3/c1-3-10-23-17-9-6-14(19)11-16(17)18(21)20-12-13-4-7-15(22-2)8-5-13/h4-9,11H,3,10,12H2,1-2H3,(H,20,21). The average Bonchev–Trinajstić information content (AvgIpc) is 2.59. The highest BCUT2D eigenvalue weighted by Crippen LogP contribution is 2.23. The zero-order valence-electron chi connectivity index (χ0n) is 13.3. The monoisotopic (exact) mass is 377 g/mol. The Bertz CT molecular complexity index is 656. The van der Waals surface area contributed by atoms with Gasteiger partial charge in [-0.05, 0) is 42.3 Å². The second-order valence-corrected chi connectivity index (χ2v) is 5.94. The number of benzene rings is 2. The van der Waals surface area contributed by atoms with Gasteiger partial charge in [0.1, 0.15) is 11.5 Å². The fraction of sp³-hybridized carbons (Fsp3) is 0.278. The van der Waals surface area contributed by atoms with Crippen molar-refractivity contribution in [2.24, 2.45) is 0 Å². The first kappa shape index (κ1) is 17.3. The predicted molar refractivity (Wildman–Crippen MR) is 94.1 cm³/mol. The van der Waals surface area contributed by atoms with Crippen molar-refractivity contribution in [2.45, 2.75) is 19.9 Å². The molecule has 0 radical (unpaired) electrons. The molecular formula is C18H20BrNO3. The molecule has 2 aromatic carbocycles. The van der Waals surface area contributed by atoms with E-state index in [4.69, 9.17) is 9.47 Å². The molecule has 1 N–H and O–H groups in total. The van der Waals surface area contributed by atoms with Crippen LogP contribution in [0.15, 0.2) is 46.9 Å². The predicted octanol–water partition coefficient (Wildman–Crippen LogP) is 4.18. The van der Waals surface area contributed by atoms with Crippen molar-refractivity contribution < 1.29 is 14.3 Å². The van der Waals surface area contributed by atoms with Crippen molar-refractivity contribution in [2.75, 3.05) is 13.7 Å². The quantitative estimate of drug-likeness (QED) is 0.787. The number of carbonyl (C=O) groups is 1. The Kier molecular flexibility index (Phi) is 6.47. The topological polar surface area (TPSA) is 47.6 Å². The van der Waals surface area contributed by atoms with Gasteiger partial charge in [-0.3, -0.25) is 4.79 Å². The number of halogens is 1. The van der Waals surface area contributed by atoms with Gasteiger partial charge >= 0.3 is 0 Å². The van der Waals surface area contributed by atoms with E-state index in [9.17, 15) is 4.79 Å². The maximum absolute atomic E-state index is 12.4. The zero-order valence-corrected chi connectivity index (χ0v) is 14.9. The van der Waals surface area contributed by atoms with Crippen LogP contribution in [0.1, 0.15) is 29.3 Å². The van der Waals surface area contributed by atoms with E-state index in [1.165, 1.54) is 0 Å². The molecule has 0 heterocycles. The smallest absolute Gasteiger partial charge is 0.255 e. The lowest BCUT2D eigenvalue weighted by Crippen LogP contribution is -2.23. The van der Waals surface area contributed by atoms with Crippen LogP contribution in [0.5, 0.6) is 11.5 Å². The number of hydrogen-bond acceptors (Lipinski definition) is 3. The van der Waals surface area contributed by atoms with Gasteiger partial charge in [0.15, 0.2) is 0 Å². The average molecular weight is 378 g/mol. The summed E-state index contributed by atoms with van der Waals surface area (Å²) in [6.07, 6.45) is 0.892. The van der Waals surface area contributed by atoms with Gasteiger partial charge < -0.3 is 14.8 Å². The molecule has 0 aliphatic heterocycles. The van der Waals surface area contributed by atoms with Gasteiger partial charge in [-0.1, -0.05) is 35.0 Å². The van der Waals surface area contributed by atoms with Gasteiger partial charge in [-0.2, -0.15) is 0 Å². The number of methoxy groups -OCH3 is 1.